The third-order valence-electron chi connectivity index (χ3n) is 6.58. The van der Waals surface area contributed by atoms with Crippen molar-refractivity contribution in [3.63, 3.8) is 0 Å². The number of carbonyl (C=O) groups excluding carboxylic acids is 2. The summed E-state index contributed by atoms with van der Waals surface area (Å²) in [6.07, 6.45) is -4.50. The second-order valence-electron chi connectivity index (χ2n) is 8.78. The van der Waals surface area contributed by atoms with Crippen LogP contribution in [0.25, 0.3) is 0 Å². The number of urea groups is 1. The molecule has 2 aliphatic heterocycles. The smallest absolute Gasteiger partial charge is 0.416 e. The Morgan fingerprint density at radius 1 is 1.03 bits per heavy atom. The highest BCUT2D eigenvalue weighted by atomic mass is 32.2. The number of halogens is 3. The Morgan fingerprint density at radius 3 is 2.42 bits per heavy atom. The van der Waals surface area contributed by atoms with E-state index < -0.39 is 28.5 Å². The van der Waals surface area contributed by atoms with Crippen LogP contribution >= 0.6 is 11.8 Å². The van der Waals surface area contributed by atoms with E-state index in [1.807, 2.05) is 0 Å². The molecule has 3 aromatic carbocycles. The molecule has 1 spiro atoms. The summed E-state index contributed by atoms with van der Waals surface area (Å²) in [5.41, 5.74) is 1.14. The predicted octanol–water partition coefficient (Wildman–Crippen LogP) is 5.70. The quantitative estimate of drug-likeness (QED) is 0.447. The molecule has 0 unspecified atom stereocenters. The molecule has 0 saturated carbocycles. The first-order chi connectivity index (χ1) is 18.2. The molecule has 1 saturated heterocycles. The number of nitrogens with one attached hydrogen (secondary N) is 1. The molecule has 2 aliphatic rings. The number of fused-ring (bicyclic) bond motifs is 2. The van der Waals surface area contributed by atoms with Crippen molar-refractivity contribution >= 4 is 35.1 Å². The molecule has 2 heterocycles. The van der Waals surface area contributed by atoms with Crippen molar-refractivity contribution < 1.29 is 32.2 Å². The van der Waals surface area contributed by atoms with E-state index in [4.69, 9.17) is 9.47 Å². The fraction of sp³-hybridized carbons (Fsp3) is 0.259. The second kappa shape index (κ2) is 9.79. The first-order valence-corrected chi connectivity index (χ1v) is 12.7. The number of hydrogen-bond donors (Lipinski definition) is 1. The van der Waals surface area contributed by atoms with Gasteiger partial charge in [0, 0.05) is 23.5 Å². The summed E-state index contributed by atoms with van der Waals surface area (Å²) in [7, 11) is 3.04. The highest BCUT2D eigenvalue weighted by Crippen LogP contribution is 2.55. The number of rotatable bonds is 5. The summed E-state index contributed by atoms with van der Waals surface area (Å²) < 4.78 is 50.5. The maximum Gasteiger partial charge on any atom is 0.416 e. The lowest BCUT2D eigenvalue weighted by molar-refractivity contribution is -0.137. The van der Waals surface area contributed by atoms with Gasteiger partial charge in [-0.05, 0) is 60.2 Å². The highest BCUT2D eigenvalue weighted by molar-refractivity contribution is 8.01. The van der Waals surface area contributed by atoms with Gasteiger partial charge in [0.05, 0.1) is 32.0 Å². The van der Waals surface area contributed by atoms with Gasteiger partial charge < -0.3 is 19.7 Å². The van der Waals surface area contributed by atoms with Crippen molar-refractivity contribution in [3.05, 3.63) is 83.4 Å². The minimum atomic E-state index is -4.50. The van der Waals surface area contributed by atoms with Crippen molar-refractivity contribution in [1.82, 2.24) is 4.90 Å². The van der Waals surface area contributed by atoms with Crippen LogP contribution in [0.2, 0.25) is 0 Å². The number of alkyl halides is 3. The number of amides is 3. The maximum atomic E-state index is 14.1. The van der Waals surface area contributed by atoms with Crippen molar-refractivity contribution in [2.24, 2.45) is 0 Å². The monoisotopic (exact) mass is 543 g/mol. The number of hydrogen-bond acceptors (Lipinski definition) is 5. The lowest BCUT2D eigenvalue weighted by Crippen LogP contribution is -2.51. The second-order valence-corrected chi connectivity index (χ2v) is 10.1. The van der Waals surface area contributed by atoms with E-state index in [1.165, 1.54) is 34.7 Å². The summed E-state index contributed by atoms with van der Waals surface area (Å²) in [6, 6.07) is 16.3. The summed E-state index contributed by atoms with van der Waals surface area (Å²) in [5.74, 6) is 1.23. The molecule has 0 aliphatic carbocycles. The Labute approximate surface area is 221 Å². The Balaban J connectivity index is 1.51. The number of methoxy groups -OCH3 is 2. The summed E-state index contributed by atoms with van der Waals surface area (Å²) >= 11 is 1.32. The molecular weight excluding hydrogens is 519 g/mol. The summed E-state index contributed by atoms with van der Waals surface area (Å²) in [6.45, 7) is 0.213. The molecule has 3 aromatic rings. The fourth-order valence-corrected chi connectivity index (χ4v) is 6.22. The zero-order chi connectivity index (χ0) is 27.1. The number of thioether (sulfide) groups is 1. The number of benzene rings is 3. The highest BCUT2D eigenvalue weighted by Gasteiger charge is 2.59. The van der Waals surface area contributed by atoms with Crippen LogP contribution in [0.3, 0.4) is 0 Å². The zero-order valence-electron chi connectivity index (χ0n) is 20.5. The van der Waals surface area contributed by atoms with E-state index in [-0.39, 0.29) is 6.54 Å². The summed E-state index contributed by atoms with van der Waals surface area (Å²) in [5, 5.41) is 2.85. The first-order valence-electron chi connectivity index (χ1n) is 11.7. The van der Waals surface area contributed by atoms with Gasteiger partial charge in [0.2, 0.25) is 0 Å². The average molecular weight is 544 g/mol. The molecule has 3 amide bonds. The van der Waals surface area contributed by atoms with Crippen molar-refractivity contribution in [1.29, 1.82) is 0 Å². The molecule has 1 atom stereocenters. The Kier molecular flexibility index (Phi) is 6.64. The molecule has 7 nitrogen and oxygen atoms in total. The topological polar surface area (TPSA) is 71.1 Å². The van der Waals surface area contributed by atoms with Crippen LogP contribution in [0.5, 0.6) is 11.5 Å². The SMILES string of the molecule is COc1ccc(NC(=O)N2CCS[C@]23C(=O)N(Cc2cccc(C(F)(F)F)c2)c2ccc(OC)cc23)cc1. The zero-order valence-corrected chi connectivity index (χ0v) is 21.4. The van der Waals surface area contributed by atoms with Gasteiger partial charge in [0.15, 0.2) is 4.87 Å². The van der Waals surface area contributed by atoms with Crippen LogP contribution in [0, 0.1) is 0 Å². The van der Waals surface area contributed by atoms with E-state index in [9.17, 15) is 22.8 Å². The molecule has 5 rings (SSSR count). The van der Waals surface area contributed by atoms with Gasteiger partial charge in [-0.2, -0.15) is 13.2 Å². The van der Waals surface area contributed by atoms with Crippen molar-refractivity contribution in [2.45, 2.75) is 17.6 Å². The van der Waals surface area contributed by atoms with Gasteiger partial charge in [-0.25, -0.2) is 4.79 Å². The largest absolute Gasteiger partial charge is 0.497 e. The Hall–Kier alpha value is -3.86. The van der Waals surface area contributed by atoms with Crippen molar-refractivity contribution in [3.8, 4) is 11.5 Å². The maximum absolute atomic E-state index is 14.1. The van der Waals surface area contributed by atoms with E-state index in [1.54, 1.807) is 55.6 Å². The Morgan fingerprint density at radius 2 is 1.74 bits per heavy atom. The van der Waals surface area contributed by atoms with Gasteiger partial charge >= 0.3 is 12.2 Å². The molecule has 1 N–H and O–H groups in total. The van der Waals surface area contributed by atoms with Gasteiger partial charge in [-0.3, -0.25) is 9.69 Å². The first kappa shape index (κ1) is 25.8. The van der Waals surface area contributed by atoms with Crippen molar-refractivity contribution in [2.75, 3.05) is 36.7 Å². The average Bonchev–Trinajstić information content (AvgIpc) is 3.45. The number of ether oxygens (including phenoxy) is 2. The molecule has 1 fully saturated rings. The van der Waals surface area contributed by atoms with Gasteiger partial charge in [-0.1, -0.05) is 12.1 Å². The normalized spacial score (nSPS) is 18.6. The van der Waals surface area contributed by atoms with Crippen LogP contribution in [0.4, 0.5) is 29.3 Å². The van der Waals surface area contributed by atoms with E-state index in [0.717, 1.165) is 12.1 Å². The molecule has 11 heteroatoms. The van der Waals surface area contributed by atoms with Gasteiger partial charge in [0.25, 0.3) is 5.91 Å². The molecule has 0 bridgehead atoms. The van der Waals surface area contributed by atoms with E-state index in [0.29, 0.717) is 46.3 Å². The molecular formula is C27H24F3N3O4S. The number of nitrogens with zero attached hydrogens (tertiary/aromatic N) is 2. The van der Waals surface area contributed by atoms with Gasteiger partial charge in [0.1, 0.15) is 11.5 Å². The number of anilines is 2. The van der Waals surface area contributed by atoms with Crippen LogP contribution in [0.15, 0.2) is 66.7 Å². The Bertz CT molecular complexity index is 1380. The molecule has 198 valence electrons. The molecule has 0 aromatic heterocycles. The van der Waals surface area contributed by atoms with Crippen LogP contribution in [-0.4, -0.2) is 43.4 Å². The summed E-state index contributed by atoms with van der Waals surface area (Å²) in [4.78, 5) is 29.2. The fourth-order valence-electron chi connectivity index (χ4n) is 4.77. The van der Waals surface area contributed by atoms with Gasteiger partial charge in [-0.15, -0.1) is 11.8 Å². The molecule has 38 heavy (non-hydrogen) atoms. The third kappa shape index (κ3) is 4.40. The van der Waals surface area contributed by atoms with Crippen LogP contribution in [-0.2, 0) is 22.4 Å². The standard InChI is InChI=1S/C27H24F3N3O4S/c1-36-20-8-6-19(7-9-20)31-25(35)33-12-13-38-26(33)22-15-21(37-2)10-11-23(22)32(24(26)34)16-17-4-3-5-18(14-17)27(28,29)30/h3-11,14-15H,12-13,16H2,1-2H3,(H,31,35)/t26-/m1/s1. The minimum absolute atomic E-state index is 0.0850. The molecule has 0 radical (unpaired) electrons. The lowest BCUT2D eigenvalue weighted by Gasteiger charge is -2.33. The van der Waals surface area contributed by atoms with Crippen LogP contribution in [0.1, 0.15) is 16.7 Å². The van der Waals surface area contributed by atoms with E-state index in [2.05, 4.69) is 5.32 Å². The predicted molar refractivity (Wildman–Crippen MR) is 138 cm³/mol. The lowest BCUT2D eigenvalue weighted by atomic mass is 10.1. The number of carbonyl (C=O) groups is 2. The minimum Gasteiger partial charge on any atom is -0.497 e. The van der Waals surface area contributed by atoms with Crippen LogP contribution < -0.4 is 19.7 Å². The third-order valence-corrected chi connectivity index (χ3v) is 8.00. The van der Waals surface area contributed by atoms with E-state index >= 15 is 0 Å².